The van der Waals surface area contributed by atoms with Crippen molar-refractivity contribution in [3.05, 3.63) is 30.1 Å². The molecule has 1 atom stereocenters. The third kappa shape index (κ3) is 5.25. The van der Waals surface area contributed by atoms with E-state index in [4.69, 9.17) is 0 Å². The molecule has 1 amide bonds. The van der Waals surface area contributed by atoms with Crippen LogP contribution in [0, 0.1) is 11.7 Å². The van der Waals surface area contributed by atoms with Gasteiger partial charge in [-0.05, 0) is 63.0 Å². The summed E-state index contributed by atoms with van der Waals surface area (Å²) in [6, 6.07) is 4.74. The van der Waals surface area contributed by atoms with Gasteiger partial charge in [0.25, 0.3) is 0 Å². The van der Waals surface area contributed by atoms with Crippen molar-refractivity contribution in [3.8, 4) is 0 Å². The number of amides is 1. The van der Waals surface area contributed by atoms with Crippen LogP contribution in [-0.2, 0) is 14.6 Å². The summed E-state index contributed by atoms with van der Waals surface area (Å²) in [4.78, 5) is 14.3. The summed E-state index contributed by atoms with van der Waals surface area (Å²) < 4.78 is 38.0. The summed E-state index contributed by atoms with van der Waals surface area (Å²) in [6.45, 7) is 6.87. The second kappa shape index (κ2) is 8.76. The highest BCUT2D eigenvalue weighted by molar-refractivity contribution is 7.92. The second-order valence-electron chi connectivity index (χ2n) is 6.65. The molecule has 1 aliphatic heterocycles. The summed E-state index contributed by atoms with van der Waals surface area (Å²) in [6.07, 6.45) is 1.84. The standard InChI is InChI=1S/C18H27FN2O3S/c1-3-20-13-15-8-10-21(11-9-15)18(22)12-14(2)25(23,24)17-6-4-16(19)5-7-17/h4-7,14-15,20H,3,8-13H2,1-2H3. The predicted molar refractivity (Wildman–Crippen MR) is 95.5 cm³/mol. The quantitative estimate of drug-likeness (QED) is 0.748. The maximum atomic E-state index is 13.0. The zero-order valence-electron chi connectivity index (χ0n) is 14.9. The molecule has 0 bridgehead atoms. The average molecular weight is 370 g/mol. The Morgan fingerprint density at radius 2 is 1.88 bits per heavy atom. The Balaban J connectivity index is 1.91. The molecule has 5 nitrogen and oxygen atoms in total. The van der Waals surface area contributed by atoms with Gasteiger partial charge in [-0.2, -0.15) is 0 Å². The van der Waals surface area contributed by atoms with Crippen molar-refractivity contribution < 1.29 is 17.6 Å². The van der Waals surface area contributed by atoms with Crippen molar-refractivity contribution in [3.63, 3.8) is 0 Å². The molecular formula is C18H27FN2O3S. The predicted octanol–water partition coefficient (Wildman–Crippen LogP) is 2.23. The van der Waals surface area contributed by atoms with Gasteiger partial charge in [0.05, 0.1) is 10.1 Å². The SMILES string of the molecule is CCNCC1CCN(C(=O)CC(C)S(=O)(=O)c2ccc(F)cc2)CC1. The fourth-order valence-electron chi connectivity index (χ4n) is 3.08. The highest BCUT2D eigenvalue weighted by Gasteiger charge is 2.29. The molecule has 1 saturated heterocycles. The van der Waals surface area contributed by atoms with Crippen molar-refractivity contribution in [1.29, 1.82) is 0 Å². The minimum Gasteiger partial charge on any atom is -0.343 e. The van der Waals surface area contributed by atoms with Crippen LogP contribution in [0.5, 0.6) is 0 Å². The number of halogens is 1. The van der Waals surface area contributed by atoms with Crippen molar-refractivity contribution in [2.24, 2.45) is 5.92 Å². The third-order valence-corrected chi connectivity index (χ3v) is 6.94. The molecule has 1 N–H and O–H groups in total. The number of benzene rings is 1. The first-order valence-electron chi connectivity index (χ1n) is 8.82. The van der Waals surface area contributed by atoms with E-state index in [1.807, 2.05) is 0 Å². The van der Waals surface area contributed by atoms with Crippen LogP contribution in [0.4, 0.5) is 4.39 Å². The molecule has 1 fully saturated rings. The first-order chi connectivity index (χ1) is 11.8. The summed E-state index contributed by atoms with van der Waals surface area (Å²) in [5.74, 6) is -0.0347. The number of sulfone groups is 1. The van der Waals surface area contributed by atoms with Gasteiger partial charge in [0.2, 0.25) is 5.91 Å². The van der Waals surface area contributed by atoms with Gasteiger partial charge < -0.3 is 10.2 Å². The second-order valence-corrected chi connectivity index (χ2v) is 9.01. The number of rotatable bonds is 7. The molecule has 0 spiro atoms. The first kappa shape index (κ1) is 19.8. The van der Waals surface area contributed by atoms with Crippen LogP contribution in [0.15, 0.2) is 29.2 Å². The van der Waals surface area contributed by atoms with E-state index in [0.717, 1.165) is 38.1 Å². The van der Waals surface area contributed by atoms with Gasteiger partial charge in [0, 0.05) is 19.5 Å². The van der Waals surface area contributed by atoms with Crippen LogP contribution in [-0.4, -0.2) is 50.7 Å². The molecule has 25 heavy (non-hydrogen) atoms. The van der Waals surface area contributed by atoms with E-state index in [-0.39, 0.29) is 17.2 Å². The topological polar surface area (TPSA) is 66.5 Å². The van der Waals surface area contributed by atoms with Gasteiger partial charge in [-0.15, -0.1) is 0 Å². The number of carbonyl (C=O) groups excluding carboxylic acids is 1. The van der Waals surface area contributed by atoms with Gasteiger partial charge in [0.1, 0.15) is 5.82 Å². The largest absolute Gasteiger partial charge is 0.343 e. The van der Waals surface area contributed by atoms with Gasteiger partial charge in [-0.3, -0.25) is 4.79 Å². The number of hydrogen-bond acceptors (Lipinski definition) is 4. The zero-order valence-corrected chi connectivity index (χ0v) is 15.7. The number of nitrogens with zero attached hydrogens (tertiary/aromatic N) is 1. The minimum atomic E-state index is -3.64. The highest BCUT2D eigenvalue weighted by Crippen LogP contribution is 2.22. The maximum Gasteiger partial charge on any atom is 0.223 e. The number of piperidine rings is 1. The summed E-state index contributed by atoms with van der Waals surface area (Å²) in [5, 5.41) is 2.50. The monoisotopic (exact) mass is 370 g/mol. The fraction of sp³-hybridized carbons (Fsp3) is 0.611. The van der Waals surface area contributed by atoms with Crippen molar-refractivity contribution in [2.75, 3.05) is 26.2 Å². The van der Waals surface area contributed by atoms with Crippen molar-refractivity contribution in [1.82, 2.24) is 10.2 Å². The molecule has 0 aromatic heterocycles. The summed E-state index contributed by atoms with van der Waals surface area (Å²) in [7, 11) is -3.64. The average Bonchev–Trinajstić information content (AvgIpc) is 2.60. The molecular weight excluding hydrogens is 343 g/mol. The van der Waals surface area contributed by atoms with E-state index in [1.54, 1.807) is 4.90 Å². The molecule has 1 aromatic rings. The van der Waals surface area contributed by atoms with Gasteiger partial charge >= 0.3 is 0 Å². The van der Waals surface area contributed by atoms with E-state index in [1.165, 1.54) is 19.1 Å². The van der Waals surface area contributed by atoms with E-state index < -0.39 is 20.9 Å². The Morgan fingerprint density at radius 1 is 1.28 bits per heavy atom. The molecule has 0 radical (unpaired) electrons. The molecule has 0 aliphatic carbocycles. The maximum absolute atomic E-state index is 13.0. The molecule has 0 saturated carbocycles. The molecule has 1 unspecified atom stereocenters. The van der Waals surface area contributed by atoms with E-state index in [0.29, 0.717) is 19.0 Å². The Labute approximate surface area is 149 Å². The Hall–Kier alpha value is -1.47. The lowest BCUT2D eigenvalue weighted by molar-refractivity contribution is -0.132. The molecule has 140 valence electrons. The normalized spacial score (nSPS) is 17.5. The lowest BCUT2D eigenvalue weighted by Crippen LogP contribution is -2.42. The van der Waals surface area contributed by atoms with Crippen molar-refractivity contribution >= 4 is 15.7 Å². The number of hydrogen-bond donors (Lipinski definition) is 1. The van der Waals surface area contributed by atoms with Crippen LogP contribution in [0.25, 0.3) is 0 Å². The number of carbonyl (C=O) groups is 1. The van der Waals surface area contributed by atoms with Gasteiger partial charge in [-0.25, -0.2) is 12.8 Å². The molecule has 1 heterocycles. The number of likely N-dealkylation sites (tertiary alicyclic amines) is 1. The Kier molecular flexibility index (Phi) is 6.95. The van der Waals surface area contributed by atoms with Crippen LogP contribution in [0.3, 0.4) is 0 Å². The molecule has 1 aromatic carbocycles. The summed E-state index contributed by atoms with van der Waals surface area (Å²) >= 11 is 0. The Bertz CT molecular complexity index is 668. The van der Waals surface area contributed by atoms with Crippen LogP contribution in [0.2, 0.25) is 0 Å². The number of nitrogens with one attached hydrogen (secondary N) is 1. The van der Waals surface area contributed by atoms with Crippen LogP contribution >= 0.6 is 0 Å². The zero-order chi connectivity index (χ0) is 18.4. The van der Waals surface area contributed by atoms with E-state index in [2.05, 4.69) is 12.2 Å². The van der Waals surface area contributed by atoms with Crippen LogP contribution in [0.1, 0.15) is 33.1 Å². The third-order valence-electron chi connectivity index (χ3n) is 4.78. The highest BCUT2D eigenvalue weighted by atomic mass is 32.2. The van der Waals surface area contributed by atoms with E-state index >= 15 is 0 Å². The fourth-order valence-corrected chi connectivity index (χ4v) is 4.42. The molecule has 2 rings (SSSR count). The van der Waals surface area contributed by atoms with E-state index in [9.17, 15) is 17.6 Å². The minimum absolute atomic E-state index is 0.0441. The van der Waals surface area contributed by atoms with Crippen LogP contribution < -0.4 is 5.32 Å². The lowest BCUT2D eigenvalue weighted by Gasteiger charge is -2.32. The van der Waals surface area contributed by atoms with Crippen molar-refractivity contribution in [2.45, 2.75) is 43.3 Å². The molecule has 7 heteroatoms. The lowest BCUT2D eigenvalue weighted by atomic mass is 9.96. The smallest absolute Gasteiger partial charge is 0.223 e. The van der Waals surface area contributed by atoms with Gasteiger partial charge in [-0.1, -0.05) is 6.92 Å². The Morgan fingerprint density at radius 3 is 2.44 bits per heavy atom. The molecule has 1 aliphatic rings. The summed E-state index contributed by atoms with van der Waals surface area (Å²) in [5.41, 5.74) is 0. The first-order valence-corrected chi connectivity index (χ1v) is 10.4. The van der Waals surface area contributed by atoms with Gasteiger partial charge in [0.15, 0.2) is 9.84 Å².